The Morgan fingerprint density at radius 1 is 1.18 bits per heavy atom. The lowest BCUT2D eigenvalue weighted by Crippen LogP contribution is -2.19. The summed E-state index contributed by atoms with van der Waals surface area (Å²) in [6.45, 7) is 0. The van der Waals surface area contributed by atoms with Crippen LogP contribution in [0.5, 0.6) is 5.88 Å². The van der Waals surface area contributed by atoms with E-state index in [1.807, 2.05) is 12.1 Å². The molecule has 11 nitrogen and oxygen atoms in total. The number of hydrogen-bond acceptors (Lipinski definition) is 7. The fourth-order valence-electron chi connectivity index (χ4n) is 3.71. The number of nitrogens with one attached hydrogen (secondary N) is 3. The third-order valence-corrected chi connectivity index (χ3v) is 7.63. The van der Waals surface area contributed by atoms with Crippen LogP contribution in [0.25, 0.3) is 23.0 Å². The number of rotatable bonds is 6. The Kier molecular flexibility index (Phi) is 4.59. The summed E-state index contributed by atoms with van der Waals surface area (Å²) in [6.07, 6.45) is 6.55. The number of sulfonamides is 1. The van der Waals surface area contributed by atoms with Gasteiger partial charge in [-0.15, -0.1) is 0 Å². The van der Waals surface area contributed by atoms with Crippen LogP contribution in [0.4, 0.5) is 5.69 Å². The van der Waals surface area contributed by atoms with E-state index in [1.54, 1.807) is 35.0 Å². The molecule has 34 heavy (non-hydrogen) atoms. The van der Waals surface area contributed by atoms with E-state index in [1.165, 1.54) is 0 Å². The van der Waals surface area contributed by atoms with E-state index in [0.29, 0.717) is 40.6 Å². The number of benzene rings is 1. The minimum absolute atomic E-state index is 0.212. The number of imidazole rings is 1. The minimum atomic E-state index is -3.39. The van der Waals surface area contributed by atoms with Crippen LogP contribution in [0, 0.1) is 0 Å². The Hall–Kier alpha value is -3.93. The van der Waals surface area contributed by atoms with Crippen molar-refractivity contribution in [3.8, 4) is 17.1 Å². The van der Waals surface area contributed by atoms with Gasteiger partial charge >= 0.3 is 5.69 Å². The van der Waals surface area contributed by atoms with Crippen LogP contribution < -0.4 is 21.1 Å². The third-order valence-electron chi connectivity index (χ3n) is 5.76. The van der Waals surface area contributed by atoms with Crippen molar-refractivity contribution in [1.29, 1.82) is 0 Å². The number of nitrogens with zero attached hydrogens (tertiary/aromatic N) is 4. The second-order valence-corrected chi connectivity index (χ2v) is 10.6. The number of aromatic hydroxyl groups is 1. The number of aromatic amines is 2. The van der Waals surface area contributed by atoms with Crippen LogP contribution in [-0.2, 0) is 10.0 Å². The Labute approximate surface area is 193 Å². The molecule has 2 fully saturated rings. The van der Waals surface area contributed by atoms with E-state index in [0.717, 1.165) is 18.4 Å². The monoisotopic (exact) mass is 479 g/mol. The fraction of sp³-hybridized carbons (Fsp3) is 0.273. The Balaban J connectivity index is 1.50. The molecule has 3 heterocycles. The van der Waals surface area contributed by atoms with Gasteiger partial charge in [-0.25, -0.2) is 18.2 Å². The minimum Gasteiger partial charge on any atom is -0.493 e. The topological polar surface area (TPSA) is 158 Å². The van der Waals surface area contributed by atoms with Gasteiger partial charge in [0.1, 0.15) is 5.69 Å². The average Bonchev–Trinajstić information content (AvgIpc) is 3.72. The van der Waals surface area contributed by atoms with Gasteiger partial charge < -0.3 is 10.1 Å². The van der Waals surface area contributed by atoms with Gasteiger partial charge in [0, 0.05) is 22.5 Å². The lowest BCUT2D eigenvalue weighted by molar-refractivity contribution is 0.454. The summed E-state index contributed by atoms with van der Waals surface area (Å²) >= 11 is 0. The maximum atomic E-state index is 12.4. The summed E-state index contributed by atoms with van der Waals surface area (Å²) in [7, 11) is -3.39. The predicted molar refractivity (Wildman–Crippen MR) is 124 cm³/mol. The molecule has 174 valence electrons. The second-order valence-electron chi connectivity index (χ2n) is 8.61. The predicted octanol–water partition coefficient (Wildman–Crippen LogP) is 0.633. The van der Waals surface area contributed by atoms with Gasteiger partial charge in [-0.05, 0) is 43.9 Å². The number of hydrogen-bond donors (Lipinski definition) is 4. The highest BCUT2D eigenvalue weighted by Gasteiger charge is 2.35. The van der Waals surface area contributed by atoms with E-state index >= 15 is 0 Å². The van der Waals surface area contributed by atoms with Crippen LogP contribution in [0.15, 0.2) is 46.3 Å². The van der Waals surface area contributed by atoms with E-state index in [4.69, 9.17) is 9.98 Å². The average molecular weight is 480 g/mol. The van der Waals surface area contributed by atoms with Gasteiger partial charge in [0.2, 0.25) is 15.9 Å². The summed E-state index contributed by atoms with van der Waals surface area (Å²) in [5.41, 5.74) is 2.59. The zero-order chi connectivity index (χ0) is 23.4. The summed E-state index contributed by atoms with van der Waals surface area (Å²) in [4.78, 5) is 25.8. The van der Waals surface area contributed by atoms with Crippen LogP contribution in [0.1, 0.15) is 31.4 Å². The Bertz CT molecular complexity index is 1710. The van der Waals surface area contributed by atoms with Crippen molar-refractivity contribution in [1.82, 2.24) is 24.6 Å². The first-order valence-corrected chi connectivity index (χ1v) is 12.5. The molecule has 0 bridgehead atoms. The zero-order valence-corrected chi connectivity index (χ0v) is 18.7. The maximum absolute atomic E-state index is 12.4. The molecular formula is C22H21N7O4S. The molecule has 0 amide bonds. The summed E-state index contributed by atoms with van der Waals surface area (Å²) < 4.78 is 29.0. The van der Waals surface area contributed by atoms with Gasteiger partial charge in [0.05, 0.1) is 23.2 Å². The van der Waals surface area contributed by atoms with Gasteiger partial charge in [0.25, 0.3) is 0 Å². The van der Waals surface area contributed by atoms with Gasteiger partial charge in [0.15, 0.2) is 11.1 Å². The molecule has 2 saturated carbocycles. The summed E-state index contributed by atoms with van der Waals surface area (Å²) in [5.74, 6) is -0.279. The first kappa shape index (κ1) is 20.7. The van der Waals surface area contributed by atoms with Gasteiger partial charge in [-0.3, -0.25) is 14.7 Å². The SMILES string of the molecule is O=c1[nH]c(O)c(/C=c2\cnn3c(=NC4CC4)cc(-c4cccc(NS(=O)(=O)C5CC5)c4)nc23)[nH]1. The number of fused-ring (bicyclic) bond motifs is 1. The lowest BCUT2D eigenvalue weighted by atomic mass is 10.1. The van der Waals surface area contributed by atoms with Crippen molar-refractivity contribution in [2.24, 2.45) is 4.99 Å². The molecule has 4 N–H and O–H groups in total. The normalized spacial score (nSPS) is 17.5. The standard InChI is InChI=1S/C22H21N7O4S/c30-21-18(26-22(31)27-21)9-13-11-23-29-19(24-14-4-5-14)10-17(25-20(13)29)12-2-1-3-15(8-12)28-34(32,33)16-6-7-16/h1-3,8-11,14,16,28,30H,4-7H2,(H2,26,27,31)/b13-9+,24-19?. The molecule has 0 saturated heterocycles. The molecule has 0 unspecified atom stereocenters. The quantitative estimate of drug-likeness (QED) is 0.318. The van der Waals surface area contributed by atoms with Crippen molar-refractivity contribution in [2.45, 2.75) is 37.0 Å². The van der Waals surface area contributed by atoms with Crippen LogP contribution in [0.3, 0.4) is 0 Å². The van der Waals surface area contributed by atoms with Crippen molar-refractivity contribution >= 4 is 27.4 Å². The molecule has 0 radical (unpaired) electrons. The molecule has 2 aliphatic carbocycles. The first-order chi connectivity index (χ1) is 16.4. The molecule has 0 spiro atoms. The smallest absolute Gasteiger partial charge is 0.326 e. The van der Waals surface area contributed by atoms with E-state index in [-0.39, 0.29) is 22.9 Å². The number of anilines is 1. The van der Waals surface area contributed by atoms with E-state index in [9.17, 15) is 18.3 Å². The maximum Gasteiger partial charge on any atom is 0.326 e. The second kappa shape index (κ2) is 7.55. The summed E-state index contributed by atoms with van der Waals surface area (Å²) in [6, 6.07) is 9.14. The van der Waals surface area contributed by atoms with Crippen molar-refractivity contribution in [3.63, 3.8) is 0 Å². The van der Waals surface area contributed by atoms with Gasteiger partial charge in [-0.2, -0.15) is 9.61 Å². The highest BCUT2D eigenvalue weighted by Crippen LogP contribution is 2.30. The number of H-pyrrole nitrogens is 2. The zero-order valence-electron chi connectivity index (χ0n) is 17.9. The Morgan fingerprint density at radius 2 is 2.00 bits per heavy atom. The lowest BCUT2D eigenvalue weighted by Gasteiger charge is -2.09. The molecule has 1 aromatic carbocycles. The highest BCUT2D eigenvalue weighted by atomic mass is 32.2. The molecule has 0 aliphatic heterocycles. The molecule has 2 aliphatic rings. The molecular weight excluding hydrogens is 458 g/mol. The molecule has 4 aromatic rings. The largest absolute Gasteiger partial charge is 0.493 e. The van der Waals surface area contributed by atoms with Crippen molar-refractivity contribution < 1.29 is 13.5 Å². The third kappa shape index (κ3) is 3.96. The first-order valence-electron chi connectivity index (χ1n) is 10.9. The van der Waals surface area contributed by atoms with Crippen LogP contribution in [0.2, 0.25) is 0 Å². The number of aromatic nitrogens is 5. The van der Waals surface area contributed by atoms with Crippen molar-refractivity contribution in [2.75, 3.05) is 4.72 Å². The molecule has 12 heteroatoms. The van der Waals surface area contributed by atoms with Gasteiger partial charge in [-0.1, -0.05) is 12.1 Å². The molecule has 6 rings (SSSR count). The highest BCUT2D eigenvalue weighted by molar-refractivity contribution is 7.93. The summed E-state index contributed by atoms with van der Waals surface area (Å²) in [5, 5.41) is 14.6. The van der Waals surface area contributed by atoms with Crippen LogP contribution >= 0.6 is 0 Å². The fourth-order valence-corrected chi connectivity index (χ4v) is 5.09. The molecule has 3 aromatic heterocycles. The van der Waals surface area contributed by atoms with E-state index < -0.39 is 15.7 Å². The van der Waals surface area contributed by atoms with E-state index in [2.05, 4.69) is 19.8 Å². The molecule has 0 atom stereocenters. The van der Waals surface area contributed by atoms with Crippen molar-refractivity contribution in [3.05, 3.63) is 63.4 Å². The van der Waals surface area contributed by atoms with Crippen LogP contribution in [-0.4, -0.2) is 49.4 Å². The Morgan fingerprint density at radius 3 is 2.71 bits per heavy atom.